The Morgan fingerprint density at radius 3 is 2.44 bits per heavy atom. The number of benzene rings is 4. The Bertz CT molecular complexity index is 1330. The predicted molar refractivity (Wildman–Crippen MR) is 137 cm³/mol. The van der Waals surface area contributed by atoms with E-state index in [4.69, 9.17) is 9.47 Å². The summed E-state index contributed by atoms with van der Waals surface area (Å²) in [4.78, 5) is 13.0. The molecule has 1 saturated heterocycles. The third kappa shape index (κ3) is 5.66. The van der Waals surface area contributed by atoms with E-state index in [-0.39, 0.29) is 24.4 Å². The van der Waals surface area contributed by atoms with Gasteiger partial charge >= 0.3 is 6.09 Å². The maximum absolute atomic E-state index is 13.5. The van der Waals surface area contributed by atoms with Crippen molar-refractivity contribution in [2.75, 3.05) is 13.1 Å². The summed E-state index contributed by atoms with van der Waals surface area (Å²) < 4.78 is 25.7. The van der Waals surface area contributed by atoms with Crippen molar-refractivity contribution in [3.63, 3.8) is 0 Å². The van der Waals surface area contributed by atoms with Crippen LogP contribution in [-0.2, 0) is 18.0 Å². The minimum absolute atomic E-state index is 0.000328. The number of hydrogen-bond acceptors (Lipinski definition) is 3. The molecule has 0 aliphatic carbocycles. The lowest BCUT2D eigenvalue weighted by atomic mass is 9.87. The molecule has 6 heteroatoms. The zero-order valence-electron chi connectivity index (χ0n) is 19.8. The molecule has 36 heavy (non-hydrogen) atoms. The van der Waals surface area contributed by atoms with E-state index in [2.05, 4.69) is 12.1 Å². The first-order chi connectivity index (χ1) is 17.5. The number of rotatable bonds is 7. The average molecular weight is 486 g/mol. The Balaban J connectivity index is 1.30. The summed E-state index contributed by atoms with van der Waals surface area (Å²) in [7, 11) is 0. The van der Waals surface area contributed by atoms with Gasteiger partial charge in [-0.3, -0.25) is 0 Å². The van der Waals surface area contributed by atoms with E-state index in [1.54, 1.807) is 12.1 Å². The van der Waals surface area contributed by atoms with Gasteiger partial charge in [-0.1, -0.05) is 60.7 Å². The second kappa shape index (κ2) is 10.8. The number of likely N-dealkylation sites (tertiary alicyclic amines) is 1. The zero-order chi connectivity index (χ0) is 24.9. The molecule has 184 valence electrons. The molecule has 0 bridgehead atoms. The highest BCUT2D eigenvalue weighted by atomic mass is 19.1. The van der Waals surface area contributed by atoms with Gasteiger partial charge in [0.2, 0.25) is 0 Å². The van der Waals surface area contributed by atoms with Crippen molar-refractivity contribution in [3.05, 3.63) is 114 Å². The predicted octanol–water partition coefficient (Wildman–Crippen LogP) is 6.61. The van der Waals surface area contributed by atoms with Crippen molar-refractivity contribution >= 4 is 16.9 Å². The van der Waals surface area contributed by atoms with Gasteiger partial charge in [0, 0.05) is 12.5 Å². The van der Waals surface area contributed by atoms with Crippen LogP contribution in [0.15, 0.2) is 91.0 Å². The highest BCUT2D eigenvalue weighted by molar-refractivity contribution is 5.84. The molecule has 1 N–H and O–H groups in total. The van der Waals surface area contributed by atoms with Crippen LogP contribution in [-0.4, -0.2) is 35.3 Å². The summed E-state index contributed by atoms with van der Waals surface area (Å²) in [5, 5.41) is 11.7. The van der Waals surface area contributed by atoms with E-state index < -0.39 is 6.09 Å². The lowest BCUT2D eigenvalue weighted by molar-refractivity contribution is -0.0199. The molecule has 1 fully saturated rings. The number of hydrogen-bond donors (Lipinski definition) is 1. The molecule has 0 aromatic heterocycles. The van der Waals surface area contributed by atoms with E-state index in [0.717, 1.165) is 33.2 Å². The van der Waals surface area contributed by atoms with Gasteiger partial charge in [0.15, 0.2) is 0 Å². The fourth-order valence-electron chi connectivity index (χ4n) is 4.75. The van der Waals surface area contributed by atoms with Crippen molar-refractivity contribution in [2.45, 2.75) is 31.7 Å². The minimum Gasteiger partial charge on any atom is -0.489 e. The quantitative estimate of drug-likeness (QED) is 0.320. The molecule has 0 radical (unpaired) electrons. The van der Waals surface area contributed by atoms with E-state index in [9.17, 15) is 14.3 Å². The van der Waals surface area contributed by atoms with Gasteiger partial charge in [0.25, 0.3) is 0 Å². The van der Waals surface area contributed by atoms with Crippen LogP contribution >= 0.6 is 0 Å². The average Bonchev–Trinajstić information content (AvgIpc) is 2.91. The summed E-state index contributed by atoms with van der Waals surface area (Å²) in [5.41, 5.74) is 3.07. The van der Waals surface area contributed by atoms with E-state index in [1.807, 2.05) is 54.6 Å². The summed E-state index contributed by atoms with van der Waals surface area (Å²) in [6.07, 6.45) is -0.644. The number of fused-ring (bicyclic) bond motifs is 1. The van der Waals surface area contributed by atoms with Gasteiger partial charge in [0.1, 0.15) is 18.2 Å². The molecule has 4 aromatic rings. The molecule has 5 nitrogen and oxygen atoms in total. The minimum atomic E-state index is -0.949. The number of piperidine rings is 1. The molecule has 0 saturated carbocycles. The van der Waals surface area contributed by atoms with Crippen LogP contribution < -0.4 is 4.74 Å². The van der Waals surface area contributed by atoms with Crippen molar-refractivity contribution in [1.29, 1.82) is 0 Å². The van der Waals surface area contributed by atoms with Crippen LogP contribution in [0.4, 0.5) is 9.18 Å². The van der Waals surface area contributed by atoms with E-state index in [0.29, 0.717) is 26.2 Å². The largest absolute Gasteiger partial charge is 0.489 e. The Labute approximate surface area is 209 Å². The third-order valence-corrected chi connectivity index (χ3v) is 6.72. The number of carboxylic acid groups (broad SMARTS) is 1. The summed E-state index contributed by atoms with van der Waals surface area (Å²) in [6.45, 7) is 1.56. The maximum Gasteiger partial charge on any atom is 0.407 e. The summed E-state index contributed by atoms with van der Waals surface area (Å²) in [6, 6.07) is 28.6. The van der Waals surface area contributed by atoms with Gasteiger partial charge in [-0.25, -0.2) is 9.18 Å². The molecule has 1 aliphatic rings. The first-order valence-corrected chi connectivity index (χ1v) is 12.1. The molecular weight excluding hydrogens is 457 g/mol. The summed E-state index contributed by atoms with van der Waals surface area (Å²) in [5.74, 6) is 0.507. The second-order valence-corrected chi connectivity index (χ2v) is 9.14. The fraction of sp³-hybridized carbons (Fsp3) is 0.233. The first kappa shape index (κ1) is 23.8. The van der Waals surface area contributed by atoms with E-state index in [1.165, 1.54) is 17.0 Å². The Morgan fingerprint density at radius 2 is 1.67 bits per heavy atom. The van der Waals surface area contributed by atoms with Crippen LogP contribution in [0.3, 0.4) is 0 Å². The summed E-state index contributed by atoms with van der Waals surface area (Å²) >= 11 is 0. The lowest BCUT2D eigenvalue weighted by Gasteiger charge is -2.37. The van der Waals surface area contributed by atoms with Gasteiger partial charge in [-0.2, -0.15) is 0 Å². The van der Waals surface area contributed by atoms with Crippen LogP contribution in [0.25, 0.3) is 10.8 Å². The number of halogens is 1. The molecule has 5 rings (SSSR count). The Hall–Kier alpha value is -3.90. The molecule has 1 aliphatic heterocycles. The lowest BCUT2D eigenvalue weighted by Crippen LogP contribution is -2.46. The SMILES string of the molecule is O=C(O)N1CCC(c2ccc(F)cc2)C(OCc2ccc3ccc(OCc4ccccc4)cc3c2)C1. The van der Waals surface area contributed by atoms with Gasteiger partial charge < -0.3 is 19.5 Å². The molecule has 1 heterocycles. The van der Waals surface area contributed by atoms with Crippen LogP contribution in [0.1, 0.15) is 29.0 Å². The highest BCUT2D eigenvalue weighted by Crippen LogP contribution is 2.32. The number of carbonyl (C=O) groups is 1. The maximum atomic E-state index is 13.5. The van der Waals surface area contributed by atoms with Gasteiger partial charge in [0.05, 0.1) is 19.3 Å². The van der Waals surface area contributed by atoms with Gasteiger partial charge in [-0.15, -0.1) is 0 Å². The first-order valence-electron chi connectivity index (χ1n) is 12.1. The highest BCUT2D eigenvalue weighted by Gasteiger charge is 2.33. The third-order valence-electron chi connectivity index (χ3n) is 6.72. The topological polar surface area (TPSA) is 59.0 Å². The van der Waals surface area contributed by atoms with Crippen molar-refractivity contribution in [1.82, 2.24) is 4.90 Å². The zero-order valence-corrected chi connectivity index (χ0v) is 19.8. The van der Waals surface area contributed by atoms with Gasteiger partial charge in [-0.05, 0) is 64.2 Å². The monoisotopic (exact) mass is 485 g/mol. The smallest absolute Gasteiger partial charge is 0.407 e. The number of amides is 1. The molecule has 4 aromatic carbocycles. The molecule has 1 amide bonds. The molecule has 0 spiro atoms. The van der Waals surface area contributed by atoms with Crippen molar-refractivity contribution in [2.24, 2.45) is 0 Å². The Kier molecular flexibility index (Phi) is 7.14. The normalized spacial score (nSPS) is 17.8. The van der Waals surface area contributed by atoms with E-state index >= 15 is 0 Å². The fourth-order valence-corrected chi connectivity index (χ4v) is 4.75. The van der Waals surface area contributed by atoms with Crippen LogP contribution in [0.5, 0.6) is 5.75 Å². The van der Waals surface area contributed by atoms with Crippen molar-refractivity contribution in [3.8, 4) is 5.75 Å². The number of nitrogens with zero attached hydrogens (tertiary/aromatic N) is 1. The molecule has 2 unspecified atom stereocenters. The second-order valence-electron chi connectivity index (χ2n) is 9.14. The molecule has 2 atom stereocenters. The van der Waals surface area contributed by atoms with Crippen LogP contribution in [0.2, 0.25) is 0 Å². The van der Waals surface area contributed by atoms with Crippen LogP contribution in [0, 0.1) is 5.82 Å². The number of ether oxygens (including phenoxy) is 2. The molecular formula is C30H28FNO4. The Morgan fingerprint density at radius 1 is 0.889 bits per heavy atom. The standard InChI is InChI=1S/C30H28FNO4/c31-26-11-8-24(9-12-26)28-14-15-32(30(33)34)18-29(28)36-20-22-6-7-23-10-13-27(17-25(23)16-22)35-19-21-4-2-1-3-5-21/h1-13,16-17,28-29H,14-15,18-20H2,(H,33,34). The van der Waals surface area contributed by atoms with Crippen molar-refractivity contribution < 1.29 is 23.8 Å².